The number of carbonyl (C=O) groups is 4. The largest absolute Gasteiger partial charge is 0.444 e. The number of anilines is 1. The molecular weight excluding hydrogens is 514 g/mol. The van der Waals surface area contributed by atoms with Gasteiger partial charge in [-0.15, -0.1) is 0 Å². The first-order valence-electron chi connectivity index (χ1n) is 13.7. The van der Waals surface area contributed by atoms with Crippen molar-refractivity contribution in [3.63, 3.8) is 0 Å². The number of amides is 4. The highest BCUT2D eigenvalue weighted by atomic mass is 16.6. The van der Waals surface area contributed by atoms with E-state index in [1.54, 1.807) is 32.9 Å². The average molecular weight is 554 g/mol. The van der Waals surface area contributed by atoms with Crippen molar-refractivity contribution in [3.05, 3.63) is 29.0 Å². The van der Waals surface area contributed by atoms with Gasteiger partial charge in [0.25, 0.3) is 11.8 Å². The monoisotopic (exact) mass is 553 g/mol. The lowest BCUT2D eigenvalue weighted by atomic mass is 9.83. The smallest absolute Gasteiger partial charge is 0.408 e. The number of alkyl carbamates (subject to hydrolysis) is 1. The fraction of sp³-hybridized carbons (Fsp3) is 0.536. The third-order valence-corrected chi connectivity index (χ3v) is 6.96. The quantitative estimate of drug-likeness (QED) is 0.338. The van der Waals surface area contributed by atoms with Gasteiger partial charge in [0.05, 0.1) is 11.8 Å². The van der Waals surface area contributed by atoms with Gasteiger partial charge in [-0.3, -0.25) is 14.4 Å². The third kappa shape index (κ3) is 6.98. The van der Waals surface area contributed by atoms with Crippen LogP contribution in [0.4, 0.5) is 10.5 Å². The van der Waals surface area contributed by atoms with Gasteiger partial charge in [-0.2, -0.15) is 5.10 Å². The molecule has 2 aliphatic rings. The molecule has 1 aromatic carbocycles. The molecule has 1 aliphatic carbocycles. The molecule has 4 rings (SSSR count). The first-order chi connectivity index (χ1) is 18.9. The topological polar surface area (TPSA) is 157 Å². The van der Waals surface area contributed by atoms with Crippen LogP contribution in [0.2, 0.25) is 0 Å². The molecule has 1 saturated carbocycles. The van der Waals surface area contributed by atoms with Crippen molar-refractivity contribution in [1.29, 1.82) is 0 Å². The summed E-state index contributed by atoms with van der Waals surface area (Å²) in [7, 11) is 3.83. The number of ether oxygens (including phenoxy) is 1. The van der Waals surface area contributed by atoms with Crippen LogP contribution in [0.3, 0.4) is 0 Å². The molecule has 1 aliphatic heterocycles. The van der Waals surface area contributed by atoms with Crippen molar-refractivity contribution >= 4 is 46.6 Å². The number of hydrogen-bond donors (Lipinski definition) is 5. The highest BCUT2D eigenvalue weighted by molar-refractivity contribution is 6.19. The first-order valence-corrected chi connectivity index (χ1v) is 13.7. The molecule has 2 aromatic rings. The highest BCUT2D eigenvalue weighted by Crippen LogP contribution is 2.31. The molecule has 1 fully saturated rings. The van der Waals surface area contributed by atoms with E-state index in [4.69, 9.17) is 4.74 Å². The van der Waals surface area contributed by atoms with Crippen LogP contribution in [0.5, 0.6) is 0 Å². The van der Waals surface area contributed by atoms with Gasteiger partial charge in [-0.05, 0) is 65.8 Å². The predicted molar refractivity (Wildman–Crippen MR) is 153 cm³/mol. The van der Waals surface area contributed by atoms with E-state index >= 15 is 0 Å². The molecule has 0 saturated heterocycles. The Labute approximate surface area is 233 Å². The summed E-state index contributed by atoms with van der Waals surface area (Å²) in [5, 5.41) is 13.0. The molecule has 0 bridgehead atoms. The zero-order valence-electron chi connectivity index (χ0n) is 23.8. The number of aromatic amines is 1. The number of carbonyl (C=O) groups excluding carboxylic acids is 4. The summed E-state index contributed by atoms with van der Waals surface area (Å²) in [5.41, 5.74) is 3.61. The number of nitrogens with zero attached hydrogens (tertiary/aromatic N) is 2. The van der Waals surface area contributed by atoms with Crippen molar-refractivity contribution in [3.8, 4) is 0 Å². The van der Waals surface area contributed by atoms with Crippen molar-refractivity contribution in [2.24, 2.45) is 11.0 Å². The van der Waals surface area contributed by atoms with Crippen LogP contribution in [0.15, 0.2) is 17.2 Å². The van der Waals surface area contributed by atoms with E-state index in [-0.39, 0.29) is 23.1 Å². The van der Waals surface area contributed by atoms with Crippen LogP contribution in [0.25, 0.3) is 10.9 Å². The number of benzene rings is 1. The molecule has 12 nitrogen and oxygen atoms in total. The minimum Gasteiger partial charge on any atom is -0.444 e. The van der Waals surface area contributed by atoms with Crippen molar-refractivity contribution in [1.82, 2.24) is 25.9 Å². The number of likely N-dealkylation sites (N-methyl/N-ethyl adjacent to an activating group) is 1. The second-order valence-corrected chi connectivity index (χ2v) is 11.6. The summed E-state index contributed by atoms with van der Waals surface area (Å²) < 4.78 is 5.43. The standard InChI is InChI=1S/C28H39N7O5/c1-28(2,3)40-27(39)33-22(16-9-7-6-8-10-16)26(38)31-17-13-18-21-19(15-30-34-24(18)36)23(32-20(21)14-17)25(37)29-11-12-35(4)5/h13-16,22,32H,6-12H2,1-5H3,(H,29,37)(H,31,38)(H,33,39)(H,34,36)/t22-/m1/s1. The molecule has 40 heavy (non-hydrogen) atoms. The van der Waals surface area contributed by atoms with Gasteiger partial charge in [0.15, 0.2) is 0 Å². The van der Waals surface area contributed by atoms with Gasteiger partial charge in [0, 0.05) is 35.2 Å². The van der Waals surface area contributed by atoms with E-state index in [1.807, 2.05) is 19.0 Å². The van der Waals surface area contributed by atoms with Crippen LogP contribution in [0.1, 0.15) is 79.3 Å². The molecule has 12 heteroatoms. The predicted octanol–water partition coefficient (Wildman–Crippen LogP) is 2.95. The van der Waals surface area contributed by atoms with Gasteiger partial charge < -0.3 is 30.6 Å². The second-order valence-electron chi connectivity index (χ2n) is 11.6. The molecule has 0 radical (unpaired) electrons. The fourth-order valence-corrected chi connectivity index (χ4v) is 5.13. The van der Waals surface area contributed by atoms with Gasteiger partial charge in [0.2, 0.25) is 5.91 Å². The Bertz CT molecular complexity index is 1320. The summed E-state index contributed by atoms with van der Waals surface area (Å²) >= 11 is 0. The van der Waals surface area contributed by atoms with E-state index < -0.39 is 29.6 Å². The van der Waals surface area contributed by atoms with Crippen LogP contribution in [-0.2, 0) is 9.53 Å². The Morgan fingerprint density at radius 3 is 2.55 bits per heavy atom. The molecule has 2 heterocycles. The van der Waals surface area contributed by atoms with E-state index in [0.717, 1.165) is 32.1 Å². The summed E-state index contributed by atoms with van der Waals surface area (Å²) in [6.45, 7) is 6.40. The van der Waals surface area contributed by atoms with E-state index in [9.17, 15) is 19.2 Å². The zero-order chi connectivity index (χ0) is 29.0. The van der Waals surface area contributed by atoms with E-state index in [1.165, 1.54) is 6.21 Å². The minimum atomic E-state index is -0.806. The normalized spacial score (nSPS) is 16.3. The van der Waals surface area contributed by atoms with Crippen LogP contribution in [-0.4, -0.2) is 78.7 Å². The van der Waals surface area contributed by atoms with Gasteiger partial charge in [0.1, 0.15) is 17.3 Å². The molecule has 1 aromatic heterocycles. The van der Waals surface area contributed by atoms with Gasteiger partial charge >= 0.3 is 6.09 Å². The van der Waals surface area contributed by atoms with Crippen LogP contribution < -0.4 is 21.4 Å². The Hall–Kier alpha value is -3.93. The maximum absolute atomic E-state index is 13.6. The van der Waals surface area contributed by atoms with Crippen molar-refractivity contribution in [2.45, 2.75) is 64.5 Å². The minimum absolute atomic E-state index is 0.0437. The summed E-state index contributed by atoms with van der Waals surface area (Å²) in [5.74, 6) is -1.24. The third-order valence-electron chi connectivity index (χ3n) is 6.96. The lowest BCUT2D eigenvalue weighted by Crippen LogP contribution is -2.50. The fourth-order valence-electron chi connectivity index (χ4n) is 5.13. The number of aromatic nitrogens is 1. The number of H-pyrrole nitrogens is 1. The van der Waals surface area contributed by atoms with Crippen molar-refractivity contribution < 1.29 is 23.9 Å². The molecule has 0 spiro atoms. The molecule has 1 atom stereocenters. The summed E-state index contributed by atoms with van der Waals surface area (Å²) in [4.78, 5) is 57.1. The first kappa shape index (κ1) is 29.1. The molecule has 5 N–H and O–H groups in total. The number of nitrogens with one attached hydrogen (secondary N) is 5. The number of hydrogen-bond acceptors (Lipinski definition) is 7. The van der Waals surface area contributed by atoms with E-state index in [2.05, 4.69) is 31.5 Å². The molecular formula is C28H39N7O5. The average Bonchev–Trinajstić information content (AvgIpc) is 3.15. The lowest BCUT2D eigenvalue weighted by Gasteiger charge is -2.31. The van der Waals surface area contributed by atoms with Crippen LogP contribution in [0, 0.1) is 5.92 Å². The Morgan fingerprint density at radius 1 is 1.15 bits per heavy atom. The second kappa shape index (κ2) is 12.1. The maximum atomic E-state index is 13.6. The Morgan fingerprint density at radius 2 is 1.88 bits per heavy atom. The molecule has 0 unspecified atom stereocenters. The van der Waals surface area contributed by atoms with Crippen LogP contribution >= 0.6 is 0 Å². The SMILES string of the molecule is CN(C)CCNC(=O)c1[nH]c2cc(NC(=O)[C@H](NC(=O)OC(C)(C)C)C3CCCCC3)cc3c2c1C=NNC3=O. The Kier molecular flexibility index (Phi) is 8.77. The number of hydrazone groups is 1. The van der Waals surface area contributed by atoms with Gasteiger partial charge in [-0.1, -0.05) is 19.3 Å². The summed E-state index contributed by atoms with van der Waals surface area (Å²) in [6.07, 6.45) is 5.45. The zero-order valence-corrected chi connectivity index (χ0v) is 23.8. The summed E-state index contributed by atoms with van der Waals surface area (Å²) in [6, 6.07) is 2.43. The molecule has 216 valence electrons. The Balaban J connectivity index is 1.63. The van der Waals surface area contributed by atoms with E-state index in [0.29, 0.717) is 35.2 Å². The maximum Gasteiger partial charge on any atom is 0.408 e. The van der Waals surface area contributed by atoms with Gasteiger partial charge in [-0.25, -0.2) is 10.2 Å². The lowest BCUT2D eigenvalue weighted by molar-refractivity contribution is -0.119. The number of rotatable bonds is 8. The highest BCUT2D eigenvalue weighted by Gasteiger charge is 2.33. The molecule has 4 amide bonds. The van der Waals surface area contributed by atoms with Crippen molar-refractivity contribution in [2.75, 3.05) is 32.5 Å².